The Bertz CT molecular complexity index is 570. The number of nitrogens with zero attached hydrogens (tertiary/aromatic N) is 3. The van der Waals surface area contributed by atoms with E-state index in [-0.39, 0.29) is 0 Å². The fourth-order valence-corrected chi connectivity index (χ4v) is 1.88. The molecular weight excluding hydrogens is 252 g/mol. The third-order valence-corrected chi connectivity index (χ3v) is 2.69. The first kappa shape index (κ1) is 13.0. The molecule has 1 N–H and O–H groups in total. The first-order chi connectivity index (χ1) is 8.61. The summed E-state index contributed by atoms with van der Waals surface area (Å²) in [5.41, 5.74) is 0.662. The van der Waals surface area contributed by atoms with Crippen molar-refractivity contribution in [3.63, 3.8) is 0 Å². The molecule has 0 unspecified atom stereocenters. The van der Waals surface area contributed by atoms with Crippen molar-refractivity contribution in [2.45, 2.75) is 27.0 Å². The summed E-state index contributed by atoms with van der Waals surface area (Å²) in [6.07, 6.45) is 0. The SMILES string of the molecule is COCc1cc(-c2n[nH]c(=S)n2CC(C)C)no1. The van der Waals surface area contributed by atoms with Crippen LogP contribution in [0.5, 0.6) is 0 Å². The summed E-state index contributed by atoms with van der Waals surface area (Å²) in [6, 6.07) is 1.81. The highest BCUT2D eigenvalue weighted by atomic mass is 32.1. The van der Waals surface area contributed by atoms with Crippen LogP contribution in [0, 0.1) is 10.7 Å². The molecule has 0 aliphatic heterocycles. The lowest BCUT2D eigenvalue weighted by molar-refractivity contribution is 0.156. The van der Waals surface area contributed by atoms with Gasteiger partial charge in [0.05, 0.1) is 0 Å². The van der Waals surface area contributed by atoms with Gasteiger partial charge in [-0.3, -0.25) is 9.67 Å². The second-order valence-electron chi connectivity index (χ2n) is 4.47. The Morgan fingerprint density at radius 2 is 2.33 bits per heavy atom. The van der Waals surface area contributed by atoms with Gasteiger partial charge in [0, 0.05) is 19.7 Å². The second-order valence-corrected chi connectivity index (χ2v) is 4.85. The number of ether oxygens (including phenoxy) is 1. The minimum absolute atomic E-state index is 0.391. The van der Waals surface area contributed by atoms with Crippen LogP contribution in [0.15, 0.2) is 10.6 Å². The molecule has 2 heterocycles. The maximum Gasteiger partial charge on any atom is 0.195 e. The van der Waals surface area contributed by atoms with Gasteiger partial charge in [0.2, 0.25) is 0 Å². The summed E-state index contributed by atoms with van der Waals surface area (Å²) in [6.45, 7) is 5.43. The van der Waals surface area contributed by atoms with Crippen molar-refractivity contribution >= 4 is 12.2 Å². The number of hydrogen-bond acceptors (Lipinski definition) is 5. The van der Waals surface area contributed by atoms with E-state index in [2.05, 4.69) is 29.2 Å². The fraction of sp³-hybridized carbons (Fsp3) is 0.545. The van der Waals surface area contributed by atoms with E-state index in [0.29, 0.717) is 34.6 Å². The van der Waals surface area contributed by atoms with Gasteiger partial charge in [-0.05, 0) is 18.1 Å². The van der Waals surface area contributed by atoms with Crippen molar-refractivity contribution < 1.29 is 9.26 Å². The van der Waals surface area contributed by atoms with E-state index in [1.807, 2.05) is 10.6 Å². The molecule has 18 heavy (non-hydrogen) atoms. The third kappa shape index (κ3) is 2.68. The van der Waals surface area contributed by atoms with Gasteiger partial charge in [-0.2, -0.15) is 5.10 Å². The largest absolute Gasteiger partial charge is 0.377 e. The Labute approximate surface area is 110 Å². The average Bonchev–Trinajstić information content (AvgIpc) is 2.88. The molecule has 0 spiro atoms. The summed E-state index contributed by atoms with van der Waals surface area (Å²) < 4.78 is 12.7. The van der Waals surface area contributed by atoms with E-state index < -0.39 is 0 Å². The lowest BCUT2D eigenvalue weighted by atomic mass is 10.2. The van der Waals surface area contributed by atoms with Crippen LogP contribution < -0.4 is 0 Å². The van der Waals surface area contributed by atoms with Gasteiger partial charge in [0.15, 0.2) is 22.0 Å². The highest BCUT2D eigenvalue weighted by Gasteiger charge is 2.14. The minimum Gasteiger partial charge on any atom is -0.377 e. The van der Waals surface area contributed by atoms with E-state index >= 15 is 0 Å². The molecule has 7 heteroatoms. The van der Waals surface area contributed by atoms with Gasteiger partial charge >= 0.3 is 0 Å². The van der Waals surface area contributed by atoms with Crippen LogP contribution in [0.25, 0.3) is 11.5 Å². The predicted octanol–water partition coefficient (Wildman–Crippen LogP) is 2.40. The quantitative estimate of drug-likeness (QED) is 0.843. The Hall–Kier alpha value is -1.47. The number of H-pyrrole nitrogens is 1. The van der Waals surface area contributed by atoms with Gasteiger partial charge < -0.3 is 9.26 Å². The Kier molecular flexibility index (Phi) is 3.93. The average molecular weight is 268 g/mol. The standard InChI is InChI=1S/C11H16N4O2S/c1-7(2)5-15-10(12-13-11(15)18)9-4-8(6-16-3)17-14-9/h4,7H,5-6H2,1-3H3,(H,13,18). The Balaban J connectivity index is 2.34. The molecular formula is C11H16N4O2S. The molecule has 0 aliphatic rings. The van der Waals surface area contributed by atoms with Gasteiger partial charge in [-0.25, -0.2) is 0 Å². The summed E-state index contributed by atoms with van der Waals surface area (Å²) in [4.78, 5) is 0. The molecule has 98 valence electrons. The number of methoxy groups -OCH3 is 1. The first-order valence-electron chi connectivity index (χ1n) is 5.72. The lowest BCUT2D eigenvalue weighted by Crippen LogP contribution is -2.06. The van der Waals surface area contributed by atoms with E-state index in [0.717, 1.165) is 6.54 Å². The molecule has 0 amide bonds. The van der Waals surface area contributed by atoms with Crippen LogP contribution in [0.2, 0.25) is 0 Å². The van der Waals surface area contributed by atoms with Gasteiger partial charge in [-0.15, -0.1) is 0 Å². The Morgan fingerprint density at radius 3 is 3.00 bits per heavy atom. The molecule has 0 atom stereocenters. The summed E-state index contributed by atoms with van der Waals surface area (Å²) in [5, 5.41) is 11.0. The zero-order valence-corrected chi connectivity index (χ0v) is 11.5. The molecule has 0 radical (unpaired) electrons. The van der Waals surface area contributed by atoms with E-state index in [4.69, 9.17) is 21.5 Å². The topological polar surface area (TPSA) is 68.9 Å². The van der Waals surface area contributed by atoms with E-state index in [9.17, 15) is 0 Å². The summed E-state index contributed by atoms with van der Waals surface area (Å²) in [5.74, 6) is 1.83. The molecule has 0 bridgehead atoms. The van der Waals surface area contributed by atoms with E-state index in [1.165, 1.54) is 0 Å². The molecule has 2 rings (SSSR count). The van der Waals surface area contributed by atoms with Crippen LogP contribution in [0.4, 0.5) is 0 Å². The molecule has 2 aromatic rings. The maximum atomic E-state index is 5.21. The monoisotopic (exact) mass is 268 g/mol. The predicted molar refractivity (Wildman–Crippen MR) is 68.5 cm³/mol. The first-order valence-corrected chi connectivity index (χ1v) is 6.12. The summed E-state index contributed by atoms with van der Waals surface area (Å²) >= 11 is 5.21. The number of aromatic nitrogens is 4. The molecule has 0 aromatic carbocycles. The molecule has 0 fully saturated rings. The van der Waals surface area contributed by atoms with Crippen LogP contribution >= 0.6 is 12.2 Å². The molecule has 0 saturated heterocycles. The smallest absolute Gasteiger partial charge is 0.195 e. The van der Waals surface area contributed by atoms with Crippen molar-refractivity contribution in [2.75, 3.05) is 7.11 Å². The van der Waals surface area contributed by atoms with Crippen molar-refractivity contribution in [1.29, 1.82) is 0 Å². The van der Waals surface area contributed by atoms with Crippen molar-refractivity contribution in [3.05, 3.63) is 16.6 Å². The van der Waals surface area contributed by atoms with Crippen molar-refractivity contribution in [1.82, 2.24) is 19.9 Å². The number of nitrogens with one attached hydrogen (secondary N) is 1. The highest BCUT2D eigenvalue weighted by molar-refractivity contribution is 7.71. The summed E-state index contributed by atoms with van der Waals surface area (Å²) in [7, 11) is 1.61. The Morgan fingerprint density at radius 1 is 1.56 bits per heavy atom. The third-order valence-electron chi connectivity index (χ3n) is 2.38. The number of aromatic amines is 1. The van der Waals surface area contributed by atoms with Crippen LogP contribution in [-0.2, 0) is 17.9 Å². The second kappa shape index (κ2) is 5.45. The highest BCUT2D eigenvalue weighted by Crippen LogP contribution is 2.18. The fourth-order valence-electron chi connectivity index (χ4n) is 1.68. The van der Waals surface area contributed by atoms with Crippen LogP contribution in [-0.4, -0.2) is 27.0 Å². The number of rotatable bonds is 5. The van der Waals surface area contributed by atoms with Gasteiger partial charge in [-0.1, -0.05) is 19.0 Å². The zero-order valence-electron chi connectivity index (χ0n) is 10.6. The molecule has 2 aromatic heterocycles. The maximum absolute atomic E-state index is 5.21. The zero-order chi connectivity index (χ0) is 13.1. The molecule has 0 saturated carbocycles. The lowest BCUT2D eigenvalue weighted by Gasteiger charge is -2.07. The minimum atomic E-state index is 0.391. The number of hydrogen-bond donors (Lipinski definition) is 1. The van der Waals surface area contributed by atoms with Crippen LogP contribution in [0.3, 0.4) is 0 Å². The van der Waals surface area contributed by atoms with Crippen molar-refractivity contribution in [3.8, 4) is 11.5 Å². The molecule has 6 nitrogen and oxygen atoms in total. The van der Waals surface area contributed by atoms with Crippen molar-refractivity contribution in [2.24, 2.45) is 5.92 Å². The van der Waals surface area contributed by atoms with Crippen LogP contribution in [0.1, 0.15) is 19.6 Å². The molecule has 0 aliphatic carbocycles. The van der Waals surface area contributed by atoms with Gasteiger partial charge in [0.25, 0.3) is 0 Å². The van der Waals surface area contributed by atoms with Gasteiger partial charge in [0.1, 0.15) is 6.61 Å². The normalized spacial score (nSPS) is 11.3. The van der Waals surface area contributed by atoms with E-state index in [1.54, 1.807) is 7.11 Å².